The molecule has 12 heavy (non-hydrogen) atoms. The predicted molar refractivity (Wildman–Crippen MR) is 58.2 cm³/mol. The topological polar surface area (TPSA) is 0 Å². The lowest BCUT2D eigenvalue weighted by Crippen LogP contribution is -2.31. The van der Waals surface area contributed by atoms with Crippen LogP contribution in [0.1, 0.15) is 40.0 Å². The van der Waals surface area contributed by atoms with Crippen LogP contribution >= 0.6 is 0 Å². The van der Waals surface area contributed by atoms with E-state index in [1.165, 1.54) is 37.4 Å². The van der Waals surface area contributed by atoms with Gasteiger partial charge in [-0.1, -0.05) is 40.0 Å². The molecule has 0 nitrogen and oxygen atoms in total. The average Bonchev–Trinajstić information content (AvgIpc) is 2.06. The van der Waals surface area contributed by atoms with E-state index in [4.69, 9.17) is 6.42 Å². The highest BCUT2D eigenvalue weighted by Gasteiger charge is 2.27. The van der Waals surface area contributed by atoms with Crippen LogP contribution in [0, 0.1) is 12.0 Å². The summed E-state index contributed by atoms with van der Waals surface area (Å²) in [5.74, 6) is 0. The van der Waals surface area contributed by atoms with Gasteiger partial charge < -0.3 is 0 Å². The SMILES string of the molecule is [C]#C[Si](CCC)(CCC)CCC. The lowest BCUT2D eigenvalue weighted by molar-refractivity contribution is 0.940. The summed E-state index contributed by atoms with van der Waals surface area (Å²) in [5, 5.41) is 0. The fraction of sp³-hybridized carbons (Fsp3) is 0.818. The summed E-state index contributed by atoms with van der Waals surface area (Å²) in [6, 6.07) is 3.83. The summed E-state index contributed by atoms with van der Waals surface area (Å²) >= 11 is 0. The van der Waals surface area contributed by atoms with E-state index in [9.17, 15) is 0 Å². The van der Waals surface area contributed by atoms with Crippen molar-refractivity contribution >= 4 is 8.07 Å². The Morgan fingerprint density at radius 3 is 1.42 bits per heavy atom. The zero-order chi connectivity index (χ0) is 9.45. The van der Waals surface area contributed by atoms with E-state index in [-0.39, 0.29) is 0 Å². The van der Waals surface area contributed by atoms with Crippen LogP contribution in [0.25, 0.3) is 0 Å². The van der Waals surface area contributed by atoms with Gasteiger partial charge >= 0.3 is 0 Å². The van der Waals surface area contributed by atoms with Crippen LogP contribution in [0.4, 0.5) is 0 Å². The van der Waals surface area contributed by atoms with Crippen molar-refractivity contribution in [2.75, 3.05) is 0 Å². The van der Waals surface area contributed by atoms with Crippen LogP contribution in [0.15, 0.2) is 0 Å². The van der Waals surface area contributed by atoms with Crippen LogP contribution < -0.4 is 0 Å². The van der Waals surface area contributed by atoms with Gasteiger partial charge in [-0.3, -0.25) is 0 Å². The monoisotopic (exact) mass is 181 g/mol. The number of rotatable bonds is 6. The minimum Gasteiger partial charge on any atom is -0.117 e. The zero-order valence-electron chi connectivity index (χ0n) is 8.74. The Bertz CT molecular complexity index is 127. The molecule has 1 heteroatoms. The zero-order valence-corrected chi connectivity index (χ0v) is 9.74. The van der Waals surface area contributed by atoms with Gasteiger partial charge in [0, 0.05) is 0 Å². The van der Waals surface area contributed by atoms with E-state index in [0.717, 1.165) is 0 Å². The molecule has 0 aliphatic rings. The fourth-order valence-electron chi connectivity index (χ4n) is 2.00. The third kappa shape index (κ3) is 3.45. The molecule has 0 aliphatic heterocycles. The lowest BCUT2D eigenvalue weighted by atomic mass is 10.5. The van der Waals surface area contributed by atoms with Crippen molar-refractivity contribution in [1.82, 2.24) is 0 Å². The van der Waals surface area contributed by atoms with Crippen LogP contribution in [-0.4, -0.2) is 8.07 Å². The maximum atomic E-state index is 7.43. The van der Waals surface area contributed by atoms with E-state index in [1.54, 1.807) is 0 Å². The number of hydrogen-bond acceptors (Lipinski definition) is 0. The molecule has 0 atom stereocenters. The summed E-state index contributed by atoms with van der Waals surface area (Å²) in [6.45, 7) is 6.68. The van der Waals surface area contributed by atoms with Crippen molar-refractivity contribution in [2.24, 2.45) is 0 Å². The summed E-state index contributed by atoms with van der Waals surface area (Å²) in [7, 11) is -1.35. The molecule has 0 aliphatic carbocycles. The third-order valence-corrected chi connectivity index (χ3v) is 7.35. The molecule has 0 rings (SSSR count). The van der Waals surface area contributed by atoms with Crippen molar-refractivity contribution in [1.29, 1.82) is 0 Å². The minimum absolute atomic E-state index is 1.23. The molecule has 0 N–H and O–H groups in total. The first-order chi connectivity index (χ1) is 5.74. The molecule has 0 unspecified atom stereocenters. The molecule has 0 saturated heterocycles. The van der Waals surface area contributed by atoms with Gasteiger partial charge in [0.1, 0.15) is 8.07 Å². The van der Waals surface area contributed by atoms with Crippen LogP contribution in [0.3, 0.4) is 0 Å². The molecule has 0 fully saturated rings. The average molecular weight is 181 g/mol. The normalized spacial score (nSPS) is 11.2. The first-order valence-electron chi connectivity index (χ1n) is 5.18. The van der Waals surface area contributed by atoms with Gasteiger partial charge in [-0.25, -0.2) is 0 Å². The van der Waals surface area contributed by atoms with Gasteiger partial charge in [-0.05, 0) is 24.6 Å². The van der Waals surface area contributed by atoms with Crippen molar-refractivity contribution < 1.29 is 0 Å². The Morgan fingerprint density at radius 1 is 0.917 bits per heavy atom. The largest absolute Gasteiger partial charge is 0.139 e. The molecule has 0 bridgehead atoms. The van der Waals surface area contributed by atoms with E-state index < -0.39 is 8.07 Å². The molecule has 0 aromatic rings. The van der Waals surface area contributed by atoms with Crippen LogP contribution in [0.5, 0.6) is 0 Å². The Hall–Kier alpha value is -0.223. The molecule has 69 valence electrons. The van der Waals surface area contributed by atoms with Crippen LogP contribution in [0.2, 0.25) is 18.1 Å². The molecule has 0 aromatic carbocycles. The smallest absolute Gasteiger partial charge is 0.117 e. The maximum Gasteiger partial charge on any atom is 0.139 e. The second-order valence-electron chi connectivity index (χ2n) is 3.66. The molecule has 0 saturated carbocycles. The Labute approximate surface area is 78.8 Å². The van der Waals surface area contributed by atoms with E-state index >= 15 is 0 Å². The van der Waals surface area contributed by atoms with Gasteiger partial charge in [-0.15, -0.1) is 5.54 Å². The summed E-state index contributed by atoms with van der Waals surface area (Å²) in [4.78, 5) is 0. The summed E-state index contributed by atoms with van der Waals surface area (Å²) < 4.78 is 0. The van der Waals surface area contributed by atoms with Crippen molar-refractivity contribution in [3.8, 4) is 5.54 Å². The van der Waals surface area contributed by atoms with Gasteiger partial charge in [0.25, 0.3) is 0 Å². The second-order valence-corrected chi connectivity index (χ2v) is 7.97. The molecule has 0 amide bonds. The van der Waals surface area contributed by atoms with E-state index in [1.807, 2.05) is 0 Å². The van der Waals surface area contributed by atoms with E-state index in [0.29, 0.717) is 0 Å². The Morgan fingerprint density at radius 2 is 1.25 bits per heavy atom. The minimum atomic E-state index is -1.35. The summed E-state index contributed by atoms with van der Waals surface area (Å²) in [6.07, 6.45) is 11.1. The molecular formula is C11H21Si. The quantitative estimate of drug-likeness (QED) is 0.432. The predicted octanol–water partition coefficient (Wildman–Crippen LogP) is 3.79. The molecule has 1 radical (unpaired) electrons. The highest BCUT2D eigenvalue weighted by molar-refractivity contribution is 6.87. The van der Waals surface area contributed by atoms with Crippen molar-refractivity contribution in [3.05, 3.63) is 6.42 Å². The maximum absolute atomic E-state index is 7.43. The van der Waals surface area contributed by atoms with Crippen LogP contribution in [-0.2, 0) is 0 Å². The van der Waals surface area contributed by atoms with Crippen molar-refractivity contribution in [2.45, 2.75) is 58.2 Å². The first-order valence-corrected chi connectivity index (χ1v) is 7.80. The molecule has 0 aromatic heterocycles. The second kappa shape index (κ2) is 6.31. The Kier molecular flexibility index (Phi) is 6.19. The molecule has 0 heterocycles. The third-order valence-electron chi connectivity index (χ3n) is 2.45. The summed E-state index contributed by atoms with van der Waals surface area (Å²) in [5.41, 5.74) is 2.91. The fourth-order valence-corrected chi connectivity index (χ4v) is 5.99. The van der Waals surface area contributed by atoms with Gasteiger partial charge in [0.05, 0.1) is 0 Å². The van der Waals surface area contributed by atoms with E-state index in [2.05, 4.69) is 26.3 Å². The Balaban J connectivity index is 4.19. The first kappa shape index (κ1) is 11.8. The van der Waals surface area contributed by atoms with Gasteiger partial charge in [0.2, 0.25) is 0 Å². The number of hydrogen-bond donors (Lipinski definition) is 0. The lowest BCUT2D eigenvalue weighted by Gasteiger charge is -2.23. The molecular weight excluding hydrogens is 160 g/mol. The highest BCUT2D eigenvalue weighted by Crippen LogP contribution is 2.24. The van der Waals surface area contributed by atoms with Gasteiger partial charge in [-0.2, -0.15) is 0 Å². The van der Waals surface area contributed by atoms with Crippen molar-refractivity contribution in [3.63, 3.8) is 0 Å². The standard InChI is InChI=1S/C11H21Si/c1-5-9-12(8-4,10-6-2)11-7-3/h5-7,9-11H2,1-3H3. The highest BCUT2D eigenvalue weighted by atomic mass is 28.3. The molecule has 0 spiro atoms. The van der Waals surface area contributed by atoms with Gasteiger partial charge in [0.15, 0.2) is 0 Å².